The van der Waals surface area contributed by atoms with E-state index < -0.39 is 10.0 Å². The van der Waals surface area contributed by atoms with Gasteiger partial charge in [-0.3, -0.25) is 9.10 Å². The van der Waals surface area contributed by atoms with Crippen molar-refractivity contribution >= 4 is 21.6 Å². The van der Waals surface area contributed by atoms with Crippen molar-refractivity contribution in [2.75, 3.05) is 45.6 Å². The van der Waals surface area contributed by atoms with Crippen molar-refractivity contribution < 1.29 is 22.8 Å². The van der Waals surface area contributed by atoms with Gasteiger partial charge >= 0.3 is 0 Å². The smallest absolute Gasteiger partial charge is 0.264 e. The SMILES string of the molecule is COc1ccc(N(C)S(=O)(=O)c2cccc(C(=O)NCCC[NH+](C)C)c2)cc1. The molecule has 2 rings (SSSR count). The lowest BCUT2D eigenvalue weighted by molar-refractivity contribution is -0.858. The topological polar surface area (TPSA) is 80.1 Å². The minimum atomic E-state index is -3.79. The van der Waals surface area contributed by atoms with Crippen LogP contribution in [0.25, 0.3) is 0 Å². The average molecular weight is 407 g/mol. The Kier molecular flexibility index (Phi) is 7.42. The summed E-state index contributed by atoms with van der Waals surface area (Å²) in [6.45, 7) is 1.49. The number of quaternary nitrogens is 1. The number of hydrogen-bond donors (Lipinski definition) is 2. The molecule has 0 saturated carbocycles. The predicted octanol–water partition coefficient (Wildman–Crippen LogP) is 0.785. The van der Waals surface area contributed by atoms with Crippen LogP contribution in [0.1, 0.15) is 16.8 Å². The third-order valence-electron chi connectivity index (χ3n) is 4.33. The van der Waals surface area contributed by atoms with Crippen LogP contribution in [0.5, 0.6) is 5.75 Å². The lowest BCUT2D eigenvalue weighted by Crippen LogP contribution is -3.05. The molecular weight excluding hydrogens is 378 g/mol. The van der Waals surface area contributed by atoms with E-state index in [1.165, 1.54) is 28.4 Å². The third-order valence-corrected chi connectivity index (χ3v) is 6.11. The highest BCUT2D eigenvalue weighted by Gasteiger charge is 2.22. The number of nitrogens with zero attached hydrogens (tertiary/aromatic N) is 1. The molecule has 0 saturated heterocycles. The molecule has 0 fully saturated rings. The van der Waals surface area contributed by atoms with Gasteiger partial charge in [-0.15, -0.1) is 0 Å². The van der Waals surface area contributed by atoms with Crippen molar-refractivity contribution in [1.29, 1.82) is 0 Å². The Balaban J connectivity index is 2.15. The largest absolute Gasteiger partial charge is 0.497 e. The molecule has 2 aromatic rings. The molecule has 152 valence electrons. The minimum Gasteiger partial charge on any atom is -0.497 e. The average Bonchev–Trinajstić information content (AvgIpc) is 2.70. The highest BCUT2D eigenvalue weighted by molar-refractivity contribution is 7.92. The minimum absolute atomic E-state index is 0.0659. The van der Waals surface area contributed by atoms with E-state index in [4.69, 9.17) is 4.74 Å². The Morgan fingerprint density at radius 3 is 2.43 bits per heavy atom. The number of anilines is 1. The number of amides is 1. The molecule has 0 bridgehead atoms. The molecule has 0 atom stereocenters. The number of nitrogens with one attached hydrogen (secondary N) is 2. The third kappa shape index (κ3) is 5.46. The van der Waals surface area contributed by atoms with Gasteiger partial charge in [-0.1, -0.05) is 6.07 Å². The number of carbonyl (C=O) groups excluding carboxylic acids is 1. The maximum Gasteiger partial charge on any atom is 0.264 e. The van der Waals surface area contributed by atoms with Crippen molar-refractivity contribution in [2.24, 2.45) is 0 Å². The van der Waals surface area contributed by atoms with Gasteiger partial charge in [0.1, 0.15) is 5.75 Å². The van der Waals surface area contributed by atoms with Crippen molar-refractivity contribution in [1.82, 2.24) is 5.32 Å². The summed E-state index contributed by atoms with van der Waals surface area (Å²) >= 11 is 0. The molecule has 0 aliphatic heterocycles. The highest BCUT2D eigenvalue weighted by Crippen LogP contribution is 2.24. The molecule has 0 heterocycles. The van der Waals surface area contributed by atoms with E-state index in [1.807, 2.05) is 0 Å². The van der Waals surface area contributed by atoms with Gasteiger partial charge in [0.2, 0.25) is 0 Å². The Hall–Kier alpha value is -2.58. The molecule has 1 amide bonds. The monoisotopic (exact) mass is 406 g/mol. The van der Waals surface area contributed by atoms with E-state index in [2.05, 4.69) is 19.4 Å². The van der Waals surface area contributed by atoms with Crippen LogP contribution in [0.15, 0.2) is 53.4 Å². The van der Waals surface area contributed by atoms with Crippen LogP contribution in [-0.4, -0.2) is 55.7 Å². The zero-order valence-corrected chi connectivity index (χ0v) is 17.5. The van der Waals surface area contributed by atoms with Gasteiger partial charge in [-0.2, -0.15) is 0 Å². The molecule has 0 aliphatic carbocycles. The van der Waals surface area contributed by atoms with Crippen molar-refractivity contribution in [3.05, 3.63) is 54.1 Å². The summed E-state index contributed by atoms with van der Waals surface area (Å²) in [5.41, 5.74) is 0.822. The fourth-order valence-corrected chi connectivity index (χ4v) is 3.87. The van der Waals surface area contributed by atoms with Crippen molar-refractivity contribution in [3.8, 4) is 5.75 Å². The van der Waals surface area contributed by atoms with Gasteiger partial charge in [0.15, 0.2) is 0 Å². The number of rotatable bonds is 9. The summed E-state index contributed by atoms with van der Waals surface area (Å²) < 4.78 is 32.2. The molecule has 0 unspecified atom stereocenters. The number of ether oxygens (including phenoxy) is 1. The van der Waals surface area contributed by atoms with Gasteiger partial charge < -0.3 is 15.0 Å². The maximum absolute atomic E-state index is 13.0. The molecule has 28 heavy (non-hydrogen) atoms. The van der Waals surface area contributed by atoms with Gasteiger partial charge in [-0.25, -0.2) is 8.42 Å². The summed E-state index contributed by atoms with van der Waals surface area (Å²) in [4.78, 5) is 13.7. The van der Waals surface area contributed by atoms with Gasteiger partial charge in [0.25, 0.3) is 15.9 Å². The summed E-state index contributed by atoms with van der Waals surface area (Å²) in [5.74, 6) is 0.363. The Labute approximate surface area is 167 Å². The maximum atomic E-state index is 13.0. The summed E-state index contributed by atoms with van der Waals surface area (Å²) in [6, 6.07) is 12.8. The zero-order chi connectivity index (χ0) is 20.7. The van der Waals surface area contributed by atoms with Crippen LogP contribution >= 0.6 is 0 Å². The highest BCUT2D eigenvalue weighted by atomic mass is 32.2. The summed E-state index contributed by atoms with van der Waals surface area (Å²) in [5, 5.41) is 2.83. The number of sulfonamides is 1. The summed E-state index contributed by atoms with van der Waals surface area (Å²) in [7, 11) is 3.34. The first-order valence-corrected chi connectivity index (χ1v) is 10.5. The second-order valence-electron chi connectivity index (χ2n) is 6.76. The fraction of sp³-hybridized carbons (Fsp3) is 0.350. The van der Waals surface area contributed by atoms with Crippen molar-refractivity contribution in [2.45, 2.75) is 11.3 Å². The molecule has 8 heteroatoms. The normalized spacial score (nSPS) is 11.3. The molecule has 0 radical (unpaired) electrons. The summed E-state index contributed by atoms with van der Waals surface area (Å²) in [6.07, 6.45) is 0.853. The first kappa shape index (κ1) is 21.7. The van der Waals surface area contributed by atoms with Gasteiger partial charge in [-0.05, 0) is 42.5 Å². The van der Waals surface area contributed by atoms with E-state index in [-0.39, 0.29) is 10.8 Å². The predicted molar refractivity (Wildman–Crippen MR) is 110 cm³/mol. The Morgan fingerprint density at radius 2 is 1.82 bits per heavy atom. The van der Waals surface area contributed by atoms with Gasteiger partial charge in [0.05, 0.1) is 38.3 Å². The standard InChI is InChI=1S/C20H27N3O4S/c1-22(2)14-6-13-21-20(24)16-7-5-8-19(15-16)28(25,26)23(3)17-9-11-18(27-4)12-10-17/h5,7-12,15H,6,13-14H2,1-4H3,(H,21,24)/p+1. The van der Waals surface area contributed by atoms with E-state index in [1.54, 1.807) is 43.5 Å². The van der Waals surface area contributed by atoms with E-state index >= 15 is 0 Å². The molecule has 0 aliphatic rings. The van der Waals surface area contributed by atoms with Gasteiger partial charge in [0, 0.05) is 25.6 Å². The lowest BCUT2D eigenvalue weighted by atomic mass is 10.2. The number of hydrogen-bond acceptors (Lipinski definition) is 4. The number of methoxy groups -OCH3 is 1. The van der Waals surface area contributed by atoms with Crippen LogP contribution in [-0.2, 0) is 10.0 Å². The number of benzene rings is 2. The second-order valence-corrected chi connectivity index (χ2v) is 8.73. The molecular formula is C20H28N3O4S+. The van der Waals surface area contributed by atoms with E-state index in [9.17, 15) is 13.2 Å². The Bertz CT molecular complexity index is 896. The van der Waals surface area contributed by atoms with Crippen LogP contribution in [0.4, 0.5) is 5.69 Å². The molecule has 0 aromatic heterocycles. The second kappa shape index (κ2) is 9.57. The number of carbonyl (C=O) groups is 1. The van der Waals surface area contributed by atoms with Crippen LogP contribution in [0, 0.1) is 0 Å². The molecule has 2 aromatic carbocycles. The lowest BCUT2D eigenvalue weighted by Gasteiger charge is -2.20. The first-order valence-electron chi connectivity index (χ1n) is 9.06. The fourth-order valence-electron chi connectivity index (χ4n) is 2.63. The molecule has 0 spiro atoms. The van der Waals surface area contributed by atoms with Crippen LogP contribution < -0.4 is 19.3 Å². The zero-order valence-electron chi connectivity index (χ0n) is 16.7. The van der Waals surface area contributed by atoms with Crippen LogP contribution in [0.3, 0.4) is 0 Å². The first-order chi connectivity index (χ1) is 13.3. The molecule has 7 nitrogen and oxygen atoms in total. The van der Waals surface area contributed by atoms with Crippen LogP contribution in [0.2, 0.25) is 0 Å². The van der Waals surface area contributed by atoms with Crippen molar-refractivity contribution in [3.63, 3.8) is 0 Å². The van der Waals surface area contributed by atoms with E-state index in [0.29, 0.717) is 23.5 Å². The Morgan fingerprint density at radius 1 is 1.14 bits per heavy atom. The van der Waals surface area contributed by atoms with E-state index in [0.717, 1.165) is 13.0 Å². The molecule has 2 N–H and O–H groups in total. The quantitative estimate of drug-likeness (QED) is 0.604.